The molecule has 0 saturated heterocycles. The van der Waals surface area contributed by atoms with E-state index < -0.39 is 10.0 Å². The highest BCUT2D eigenvalue weighted by atomic mass is 32.2. The summed E-state index contributed by atoms with van der Waals surface area (Å²) in [6.45, 7) is 6.14. The lowest BCUT2D eigenvalue weighted by Crippen LogP contribution is -2.36. The number of H-pyrrole nitrogens is 1. The van der Waals surface area contributed by atoms with E-state index in [9.17, 15) is 13.2 Å². The maximum absolute atomic E-state index is 13.7. The molecule has 2 aromatic heterocycles. The highest BCUT2D eigenvalue weighted by Crippen LogP contribution is 2.37. The van der Waals surface area contributed by atoms with Crippen molar-refractivity contribution in [1.29, 1.82) is 0 Å². The van der Waals surface area contributed by atoms with Gasteiger partial charge in [0.15, 0.2) is 5.78 Å². The monoisotopic (exact) mass is 523 g/mol. The van der Waals surface area contributed by atoms with Crippen LogP contribution in [0.2, 0.25) is 0 Å². The van der Waals surface area contributed by atoms with Crippen LogP contribution in [-0.2, 0) is 16.6 Å². The lowest BCUT2D eigenvalue weighted by Gasteiger charge is -2.23. The zero-order valence-corrected chi connectivity index (χ0v) is 22.2. The molecule has 188 valence electrons. The summed E-state index contributed by atoms with van der Waals surface area (Å²) >= 11 is 1.52. The van der Waals surface area contributed by atoms with E-state index in [0.717, 1.165) is 38.3 Å². The number of ether oxygens (including phenoxy) is 1. The minimum absolute atomic E-state index is 0.0603. The molecule has 0 spiro atoms. The number of nitrogens with one attached hydrogen (secondary N) is 1. The highest BCUT2D eigenvalue weighted by molar-refractivity contribution is 7.89. The summed E-state index contributed by atoms with van der Waals surface area (Å²) in [6.07, 6.45) is 2.92. The third kappa shape index (κ3) is 4.47. The number of hydrogen-bond acceptors (Lipinski definition) is 6. The third-order valence-electron chi connectivity index (χ3n) is 6.72. The van der Waals surface area contributed by atoms with Gasteiger partial charge in [0.2, 0.25) is 10.0 Å². The van der Waals surface area contributed by atoms with E-state index in [1.807, 2.05) is 19.1 Å². The Balaban J connectivity index is 1.57. The van der Waals surface area contributed by atoms with Gasteiger partial charge in [-0.1, -0.05) is 32.0 Å². The van der Waals surface area contributed by atoms with Gasteiger partial charge in [-0.2, -0.15) is 4.31 Å². The van der Waals surface area contributed by atoms with Gasteiger partial charge in [-0.15, -0.1) is 11.3 Å². The second-order valence-electron chi connectivity index (χ2n) is 9.09. The molecule has 2 aromatic carbocycles. The number of aromatic amines is 1. The number of para-hydroxylation sites is 1. The zero-order chi connectivity index (χ0) is 25.4. The van der Waals surface area contributed by atoms with Gasteiger partial charge in [-0.25, -0.2) is 13.4 Å². The Morgan fingerprint density at radius 3 is 2.75 bits per heavy atom. The van der Waals surface area contributed by atoms with Gasteiger partial charge in [0.25, 0.3) is 0 Å². The molecule has 0 amide bonds. The molecule has 1 aliphatic rings. The SMILES string of the molecule is CCC(c1cc(CN2C[C@@H](CC)Oc3ccccc3S2(=O)=O)c2nc[nH]c2c1)c1ccc(C(C)=O)s1. The molecular weight excluding hydrogens is 494 g/mol. The quantitative estimate of drug-likeness (QED) is 0.312. The van der Waals surface area contributed by atoms with E-state index >= 15 is 0 Å². The lowest BCUT2D eigenvalue weighted by molar-refractivity contribution is 0.102. The van der Waals surface area contributed by atoms with Gasteiger partial charge in [0, 0.05) is 17.3 Å². The number of thiophene rings is 1. The predicted octanol–water partition coefficient (Wildman–Crippen LogP) is 5.73. The normalized spacial score (nSPS) is 18.4. The third-order valence-corrected chi connectivity index (χ3v) is 9.87. The molecule has 0 fully saturated rings. The van der Waals surface area contributed by atoms with Crippen molar-refractivity contribution in [2.75, 3.05) is 6.54 Å². The van der Waals surface area contributed by atoms with Crippen LogP contribution in [0.15, 0.2) is 59.8 Å². The number of Topliss-reactive ketones (excluding diaryl/α,β-unsaturated/α-hetero) is 1. The first kappa shape index (κ1) is 24.7. The fourth-order valence-corrected chi connectivity index (χ4v) is 7.48. The summed E-state index contributed by atoms with van der Waals surface area (Å²) in [5.41, 5.74) is 3.52. The van der Waals surface area contributed by atoms with Crippen molar-refractivity contribution < 1.29 is 17.9 Å². The van der Waals surface area contributed by atoms with E-state index in [-0.39, 0.29) is 35.8 Å². The van der Waals surface area contributed by atoms with Crippen LogP contribution in [0.25, 0.3) is 11.0 Å². The molecule has 0 bridgehead atoms. The summed E-state index contributed by atoms with van der Waals surface area (Å²) < 4.78 is 35.0. The van der Waals surface area contributed by atoms with Gasteiger partial charge in [0.1, 0.15) is 16.7 Å². The lowest BCUT2D eigenvalue weighted by atomic mass is 9.92. The van der Waals surface area contributed by atoms with E-state index in [4.69, 9.17) is 4.74 Å². The number of nitrogens with zero attached hydrogens (tertiary/aromatic N) is 2. The average molecular weight is 524 g/mol. The van der Waals surface area contributed by atoms with E-state index in [1.54, 1.807) is 37.5 Å². The first-order valence-electron chi connectivity index (χ1n) is 12.1. The minimum Gasteiger partial charge on any atom is -0.488 e. The number of sulfonamides is 1. The number of imidazole rings is 1. The molecule has 7 nitrogen and oxygen atoms in total. The maximum atomic E-state index is 13.7. The first-order valence-corrected chi connectivity index (χ1v) is 14.4. The molecule has 5 rings (SSSR count). The number of hydrogen-bond donors (Lipinski definition) is 1. The average Bonchev–Trinajstić information content (AvgIpc) is 3.52. The van der Waals surface area contributed by atoms with Crippen molar-refractivity contribution in [3.05, 3.63) is 75.7 Å². The molecular formula is C27H29N3O4S2. The van der Waals surface area contributed by atoms with Gasteiger partial charge in [-0.05, 0) is 61.2 Å². The molecule has 2 atom stereocenters. The smallest absolute Gasteiger partial charge is 0.247 e. The van der Waals surface area contributed by atoms with Crippen molar-refractivity contribution >= 4 is 38.2 Å². The number of carbonyl (C=O) groups excluding carboxylic acids is 1. The molecule has 36 heavy (non-hydrogen) atoms. The van der Waals surface area contributed by atoms with Crippen molar-refractivity contribution in [1.82, 2.24) is 14.3 Å². The van der Waals surface area contributed by atoms with Crippen LogP contribution < -0.4 is 4.74 Å². The standard InChI is InChI=1S/C27H29N3O4S2/c1-4-20-15-30(36(32,33)26-9-7-6-8-23(26)34-20)14-19-12-18(13-22-27(19)29-16-28-22)21(5-2)25-11-10-24(35-25)17(3)31/h6-13,16,20-21H,4-5,14-15H2,1-3H3,(H,28,29)/t20-,21?/m1/s1. The van der Waals surface area contributed by atoms with Crippen LogP contribution in [-0.4, -0.2) is 41.1 Å². The second-order valence-corrected chi connectivity index (χ2v) is 12.1. The summed E-state index contributed by atoms with van der Waals surface area (Å²) in [7, 11) is -3.77. The minimum atomic E-state index is -3.77. The van der Waals surface area contributed by atoms with Crippen molar-refractivity contribution in [2.24, 2.45) is 0 Å². The first-order chi connectivity index (χ1) is 17.3. The molecule has 1 N–H and O–H groups in total. The van der Waals surface area contributed by atoms with Crippen LogP contribution >= 0.6 is 11.3 Å². The van der Waals surface area contributed by atoms with Gasteiger partial charge >= 0.3 is 0 Å². The maximum Gasteiger partial charge on any atom is 0.247 e. The number of fused-ring (bicyclic) bond motifs is 2. The van der Waals surface area contributed by atoms with Gasteiger partial charge in [-0.3, -0.25) is 4.79 Å². The van der Waals surface area contributed by atoms with Crippen molar-refractivity contribution in [3.8, 4) is 5.75 Å². The zero-order valence-electron chi connectivity index (χ0n) is 20.5. The molecule has 1 aliphatic heterocycles. The number of rotatable bonds is 7. The Morgan fingerprint density at radius 1 is 1.22 bits per heavy atom. The fourth-order valence-electron chi connectivity index (χ4n) is 4.79. The van der Waals surface area contributed by atoms with Crippen molar-refractivity contribution in [2.45, 2.75) is 57.1 Å². The highest BCUT2D eigenvalue weighted by Gasteiger charge is 2.34. The molecule has 0 radical (unpaired) electrons. The van der Waals surface area contributed by atoms with E-state index in [2.05, 4.69) is 29.0 Å². The number of benzene rings is 2. The number of aromatic nitrogens is 2. The van der Waals surface area contributed by atoms with Gasteiger partial charge < -0.3 is 9.72 Å². The van der Waals surface area contributed by atoms with Crippen LogP contribution in [0, 0.1) is 0 Å². The Hall–Kier alpha value is -3.01. The number of carbonyl (C=O) groups is 1. The van der Waals surface area contributed by atoms with Crippen LogP contribution in [0.1, 0.15) is 65.2 Å². The number of ketones is 1. The van der Waals surface area contributed by atoms with E-state index in [1.165, 1.54) is 15.6 Å². The van der Waals surface area contributed by atoms with E-state index in [0.29, 0.717) is 12.2 Å². The Kier molecular flexibility index (Phi) is 6.72. The predicted molar refractivity (Wildman–Crippen MR) is 141 cm³/mol. The fraction of sp³-hybridized carbons (Fsp3) is 0.333. The Morgan fingerprint density at radius 2 is 2.03 bits per heavy atom. The largest absolute Gasteiger partial charge is 0.488 e. The molecule has 4 aromatic rings. The molecule has 0 aliphatic carbocycles. The molecule has 0 saturated carbocycles. The summed E-state index contributed by atoms with van der Waals surface area (Å²) in [5.74, 6) is 0.545. The Labute approximate surface area is 215 Å². The molecule has 3 heterocycles. The summed E-state index contributed by atoms with van der Waals surface area (Å²) in [6, 6.07) is 14.9. The second kappa shape index (κ2) is 9.80. The molecule has 1 unspecified atom stereocenters. The molecule has 9 heteroatoms. The van der Waals surface area contributed by atoms with Crippen molar-refractivity contribution in [3.63, 3.8) is 0 Å². The topological polar surface area (TPSA) is 92.4 Å². The van der Waals surface area contributed by atoms with Crippen LogP contribution in [0.3, 0.4) is 0 Å². The van der Waals surface area contributed by atoms with Crippen LogP contribution in [0.4, 0.5) is 0 Å². The Bertz CT molecular complexity index is 1520. The van der Waals surface area contributed by atoms with Crippen LogP contribution in [0.5, 0.6) is 5.75 Å². The summed E-state index contributed by atoms with van der Waals surface area (Å²) in [5, 5.41) is 0. The van der Waals surface area contributed by atoms with Gasteiger partial charge in [0.05, 0.1) is 28.8 Å². The summed E-state index contributed by atoms with van der Waals surface area (Å²) in [4.78, 5) is 21.6.